The molecule has 1 aromatic carbocycles. The summed E-state index contributed by atoms with van der Waals surface area (Å²) in [5.41, 5.74) is 1.87. The van der Waals surface area contributed by atoms with Crippen LogP contribution in [0.3, 0.4) is 0 Å². The first-order valence-electron chi connectivity index (χ1n) is 9.06. The molecule has 2 aromatic rings. The van der Waals surface area contributed by atoms with Crippen molar-refractivity contribution >= 4 is 5.91 Å². The molecule has 0 aliphatic carbocycles. The lowest BCUT2D eigenvalue weighted by Crippen LogP contribution is -2.54. The van der Waals surface area contributed by atoms with Crippen molar-refractivity contribution in [3.05, 3.63) is 47.3 Å². The molecule has 140 valence electrons. The molecule has 2 heterocycles. The molecule has 26 heavy (non-hydrogen) atoms. The predicted molar refractivity (Wildman–Crippen MR) is 99.1 cm³/mol. The zero-order chi connectivity index (χ0) is 18.7. The molecule has 6 nitrogen and oxygen atoms in total. The lowest BCUT2D eigenvalue weighted by Gasteiger charge is -2.39. The van der Waals surface area contributed by atoms with Gasteiger partial charge in [0.05, 0.1) is 12.2 Å². The number of carbonyl (C=O) groups is 1. The van der Waals surface area contributed by atoms with Gasteiger partial charge in [0, 0.05) is 12.2 Å². The Labute approximate surface area is 154 Å². The van der Waals surface area contributed by atoms with Crippen molar-refractivity contribution in [2.24, 2.45) is 0 Å². The number of hydrogen-bond acceptors (Lipinski definition) is 4. The normalized spacial score (nSPS) is 20.2. The van der Waals surface area contributed by atoms with E-state index in [0.717, 1.165) is 29.1 Å². The highest BCUT2D eigenvalue weighted by atomic mass is 16.5. The minimum absolute atomic E-state index is 0.0229. The maximum absolute atomic E-state index is 12.7. The number of para-hydroxylation sites is 1. The summed E-state index contributed by atoms with van der Waals surface area (Å²) in [7, 11) is 0. The minimum atomic E-state index is -1.02. The zero-order valence-corrected chi connectivity index (χ0v) is 15.7. The largest absolute Gasteiger partial charge is 0.490 e. The molecule has 3 rings (SSSR count). The molecule has 1 atom stereocenters. The number of benzene rings is 1. The Kier molecular flexibility index (Phi) is 5.32. The van der Waals surface area contributed by atoms with Gasteiger partial charge in [0.2, 0.25) is 5.91 Å². The third kappa shape index (κ3) is 4.25. The van der Waals surface area contributed by atoms with E-state index in [2.05, 4.69) is 5.10 Å². The summed E-state index contributed by atoms with van der Waals surface area (Å²) in [6, 6.07) is 9.70. The highest BCUT2D eigenvalue weighted by molar-refractivity contribution is 5.76. The molecular weight excluding hydrogens is 330 g/mol. The van der Waals surface area contributed by atoms with Gasteiger partial charge in [0.15, 0.2) is 0 Å². The molecule has 0 radical (unpaired) electrons. The fourth-order valence-corrected chi connectivity index (χ4v) is 3.44. The Morgan fingerprint density at radius 1 is 1.31 bits per heavy atom. The predicted octanol–water partition coefficient (Wildman–Crippen LogP) is 2.24. The summed E-state index contributed by atoms with van der Waals surface area (Å²) in [6.45, 7) is 7.16. The van der Waals surface area contributed by atoms with E-state index in [9.17, 15) is 9.90 Å². The average molecular weight is 357 g/mol. The summed E-state index contributed by atoms with van der Waals surface area (Å²) < 4.78 is 7.56. The number of aryl methyl sites for hydroxylation is 3. The van der Waals surface area contributed by atoms with Crippen LogP contribution in [0.5, 0.6) is 5.75 Å². The summed E-state index contributed by atoms with van der Waals surface area (Å²) in [4.78, 5) is 14.4. The van der Waals surface area contributed by atoms with Gasteiger partial charge < -0.3 is 14.7 Å². The van der Waals surface area contributed by atoms with Crippen LogP contribution >= 0.6 is 0 Å². The fourth-order valence-electron chi connectivity index (χ4n) is 3.44. The number of ether oxygens (including phenoxy) is 1. The minimum Gasteiger partial charge on any atom is -0.490 e. The first kappa shape index (κ1) is 18.5. The number of β-amino-alcohol motifs (C(OH)–C–C–N with tert-alkyl or cyclic N) is 1. The van der Waals surface area contributed by atoms with Crippen molar-refractivity contribution in [1.29, 1.82) is 0 Å². The van der Waals surface area contributed by atoms with Crippen molar-refractivity contribution in [2.45, 2.75) is 45.8 Å². The molecule has 0 bridgehead atoms. The average Bonchev–Trinajstić information content (AvgIpc) is 2.91. The molecule has 1 fully saturated rings. The number of likely N-dealkylation sites (tertiary alicyclic amines) is 1. The summed E-state index contributed by atoms with van der Waals surface area (Å²) in [5, 5.41) is 15.3. The van der Waals surface area contributed by atoms with E-state index in [0.29, 0.717) is 13.0 Å². The number of aromatic nitrogens is 2. The van der Waals surface area contributed by atoms with E-state index in [1.165, 1.54) is 0 Å². The Bertz CT molecular complexity index is 786. The van der Waals surface area contributed by atoms with E-state index in [-0.39, 0.29) is 25.6 Å². The third-order valence-corrected chi connectivity index (χ3v) is 4.89. The van der Waals surface area contributed by atoms with Crippen LogP contribution in [-0.4, -0.2) is 51.0 Å². The van der Waals surface area contributed by atoms with Crippen LogP contribution in [0.4, 0.5) is 0 Å². The topological polar surface area (TPSA) is 67.6 Å². The molecule has 0 unspecified atom stereocenters. The van der Waals surface area contributed by atoms with Crippen LogP contribution < -0.4 is 4.74 Å². The Balaban J connectivity index is 1.61. The molecule has 1 aromatic heterocycles. The van der Waals surface area contributed by atoms with Crippen LogP contribution in [0.25, 0.3) is 0 Å². The van der Waals surface area contributed by atoms with Gasteiger partial charge in [-0.15, -0.1) is 0 Å². The number of aliphatic hydroxyl groups is 1. The van der Waals surface area contributed by atoms with Crippen molar-refractivity contribution in [1.82, 2.24) is 14.7 Å². The number of rotatable bonds is 5. The van der Waals surface area contributed by atoms with Gasteiger partial charge in [-0.1, -0.05) is 18.2 Å². The molecule has 1 aliphatic heterocycles. The molecule has 1 N–H and O–H groups in total. The van der Waals surface area contributed by atoms with Crippen LogP contribution in [0.1, 0.15) is 29.8 Å². The van der Waals surface area contributed by atoms with Crippen LogP contribution in [0, 0.1) is 20.8 Å². The van der Waals surface area contributed by atoms with Gasteiger partial charge in [-0.25, -0.2) is 0 Å². The van der Waals surface area contributed by atoms with Gasteiger partial charge in [0.1, 0.15) is 24.5 Å². The fraction of sp³-hybridized carbons (Fsp3) is 0.500. The first-order valence-corrected chi connectivity index (χ1v) is 9.06. The van der Waals surface area contributed by atoms with Crippen molar-refractivity contribution in [2.75, 3.05) is 19.7 Å². The number of piperidine rings is 1. The standard InChI is InChI=1S/C20H27N3O3/c1-15-7-4-5-8-18(15)26-14-20(25)9-6-10-22(13-20)19(24)12-23-17(3)11-16(2)21-23/h4-5,7-8,11,25H,6,9-10,12-14H2,1-3H3/t20-/m1/s1. The molecule has 1 saturated heterocycles. The quantitative estimate of drug-likeness (QED) is 0.891. The van der Waals surface area contributed by atoms with Crippen molar-refractivity contribution < 1.29 is 14.6 Å². The van der Waals surface area contributed by atoms with Crippen LogP contribution in [-0.2, 0) is 11.3 Å². The van der Waals surface area contributed by atoms with Gasteiger partial charge in [-0.3, -0.25) is 9.48 Å². The van der Waals surface area contributed by atoms with Crippen LogP contribution in [0.2, 0.25) is 0 Å². The molecular formula is C20H27N3O3. The molecule has 6 heteroatoms. The maximum Gasteiger partial charge on any atom is 0.244 e. The number of amides is 1. The van der Waals surface area contributed by atoms with Crippen molar-refractivity contribution in [3.63, 3.8) is 0 Å². The Morgan fingerprint density at radius 3 is 2.77 bits per heavy atom. The molecule has 1 amide bonds. The second kappa shape index (κ2) is 7.50. The number of nitrogens with zero attached hydrogens (tertiary/aromatic N) is 3. The lowest BCUT2D eigenvalue weighted by atomic mass is 9.93. The van der Waals surface area contributed by atoms with Gasteiger partial charge >= 0.3 is 0 Å². The van der Waals surface area contributed by atoms with Gasteiger partial charge in [-0.05, 0) is 51.3 Å². The summed E-state index contributed by atoms with van der Waals surface area (Å²) in [6.07, 6.45) is 1.39. The number of carbonyl (C=O) groups excluding carboxylic acids is 1. The zero-order valence-electron chi connectivity index (χ0n) is 15.7. The Hall–Kier alpha value is -2.34. The van der Waals surface area contributed by atoms with E-state index < -0.39 is 5.60 Å². The van der Waals surface area contributed by atoms with E-state index >= 15 is 0 Å². The second-order valence-electron chi connectivity index (χ2n) is 7.28. The van der Waals surface area contributed by atoms with Gasteiger partial charge in [-0.2, -0.15) is 5.10 Å². The second-order valence-corrected chi connectivity index (χ2v) is 7.28. The smallest absolute Gasteiger partial charge is 0.244 e. The van der Waals surface area contributed by atoms with Crippen LogP contribution in [0.15, 0.2) is 30.3 Å². The Morgan fingerprint density at radius 2 is 2.08 bits per heavy atom. The first-order chi connectivity index (χ1) is 12.4. The lowest BCUT2D eigenvalue weighted by molar-refractivity contribution is -0.141. The van der Waals surface area contributed by atoms with E-state index in [1.54, 1.807) is 9.58 Å². The monoisotopic (exact) mass is 357 g/mol. The van der Waals surface area contributed by atoms with Gasteiger partial charge in [0.25, 0.3) is 0 Å². The van der Waals surface area contributed by atoms with Crippen molar-refractivity contribution in [3.8, 4) is 5.75 Å². The van der Waals surface area contributed by atoms with E-state index in [1.807, 2.05) is 51.1 Å². The van der Waals surface area contributed by atoms with E-state index in [4.69, 9.17) is 4.74 Å². The third-order valence-electron chi connectivity index (χ3n) is 4.89. The summed E-state index contributed by atoms with van der Waals surface area (Å²) >= 11 is 0. The molecule has 1 aliphatic rings. The highest BCUT2D eigenvalue weighted by Crippen LogP contribution is 2.24. The number of hydrogen-bond donors (Lipinski definition) is 1. The summed E-state index contributed by atoms with van der Waals surface area (Å²) in [5.74, 6) is 0.747. The molecule has 0 spiro atoms. The SMILES string of the molecule is Cc1cc(C)n(CC(=O)N2CCC[C@](O)(COc3ccccc3C)C2)n1. The highest BCUT2D eigenvalue weighted by Gasteiger charge is 2.36. The molecule has 0 saturated carbocycles. The maximum atomic E-state index is 12.7.